The lowest BCUT2D eigenvalue weighted by Crippen LogP contribution is -2.03. The molecule has 1 aromatic carbocycles. The van der Waals surface area contributed by atoms with Gasteiger partial charge in [-0.1, -0.05) is 17.7 Å². The molecule has 4 heteroatoms. The molecule has 3 nitrogen and oxygen atoms in total. The minimum Gasteiger partial charge on any atom is -0.464 e. The first-order chi connectivity index (χ1) is 8.52. The van der Waals surface area contributed by atoms with Crippen LogP contribution >= 0.6 is 11.3 Å². The van der Waals surface area contributed by atoms with Crippen LogP contribution in [0.5, 0.6) is 0 Å². The number of esters is 1. The Morgan fingerprint density at radius 2 is 2.00 bits per heavy atom. The van der Waals surface area contributed by atoms with Crippen molar-refractivity contribution in [3.8, 4) is 10.6 Å². The number of aryl methyl sites for hydroxylation is 3. The molecule has 0 atom stereocenters. The lowest BCUT2D eigenvalue weighted by Gasteiger charge is -2.03. The lowest BCUT2D eigenvalue weighted by atomic mass is 10.1. The van der Waals surface area contributed by atoms with Gasteiger partial charge in [-0.15, -0.1) is 11.3 Å². The van der Waals surface area contributed by atoms with Gasteiger partial charge in [0, 0.05) is 10.4 Å². The smallest absolute Gasteiger partial charge is 0.357 e. The van der Waals surface area contributed by atoms with Crippen molar-refractivity contribution in [3.05, 3.63) is 39.9 Å². The number of aromatic nitrogens is 1. The summed E-state index contributed by atoms with van der Waals surface area (Å²) in [5.41, 5.74) is 3.84. The van der Waals surface area contributed by atoms with Gasteiger partial charge in [0.2, 0.25) is 0 Å². The van der Waals surface area contributed by atoms with E-state index in [4.69, 9.17) is 4.74 Å². The maximum atomic E-state index is 11.6. The predicted molar refractivity (Wildman–Crippen MR) is 73.1 cm³/mol. The number of carbonyl (C=O) groups is 1. The van der Waals surface area contributed by atoms with Crippen molar-refractivity contribution in [1.29, 1.82) is 0 Å². The Kier molecular flexibility index (Phi) is 3.48. The molecule has 94 valence electrons. The molecule has 1 heterocycles. The molecular weight excluding hydrogens is 246 g/mol. The summed E-state index contributed by atoms with van der Waals surface area (Å²) in [4.78, 5) is 16.8. The normalized spacial score (nSPS) is 10.4. The first kappa shape index (κ1) is 12.8. The van der Waals surface area contributed by atoms with Crippen LogP contribution in [-0.4, -0.2) is 18.1 Å². The Balaban J connectivity index is 2.52. The topological polar surface area (TPSA) is 39.2 Å². The van der Waals surface area contributed by atoms with Gasteiger partial charge < -0.3 is 4.74 Å². The highest BCUT2D eigenvalue weighted by Crippen LogP contribution is 2.30. The van der Waals surface area contributed by atoms with Gasteiger partial charge in [0.15, 0.2) is 5.69 Å². The van der Waals surface area contributed by atoms with E-state index in [9.17, 15) is 4.79 Å². The average Bonchev–Trinajstić information content (AvgIpc) is 2.73. The van der Waals surface area contributed by atoms with E-state index in [0.717, 1.165) is 21.0 Å². The highest BCUT2D eigenvalue weighted by Gasteiger charge is 2.17. The number of thiazole rings is 1. The molecule has 0 bridgehead atoms. The van der Waals surface area contributed by atoms with Crippen molar-refractivity contribution in [2.75, 3.05) is 7.11 Å². The molecule has 2 rings (SSSR count). The van der Waals surface area contributed by atoms with Crippen LogP contribution in [0.15, 0.2) is 18.2 Å². The molecule has 0 radical (unpaired) electrons. The zero-order valence-electron chi connectivity index (χ0n) is 10.9. The van der Waals surface area contributed by atoms with Gasteiger partial charge in [0.05, 0.1) is 7.11 Å². The average molecular weight is 261 g/mol. The highest BCUT2D eigenvalue weighted by atomic mass is 32.1. The minimum absolute atomic E-state index is 0.375. The van der Waals surface area contributed by atoms with Crippen LogP contribution in [0.25, 0.3) is 10.6 Å². The third-order valence-corrected chi connectivity index (χ3v) is 3.80. The molecule has 0 aliphatic heterocycles. The van der Waals surface area contributed by atoms with E-state index in [-0.39, 0.29) is 5.97 Å². The van der Waals surface area contributed by atoms with Gasteiger partial charge in [-0.3, -0.25) is 0 Å². The molecule has 0 N–H and O–H groups in total. The summed E-state index contributed by atoms with van der Waals surface area (Å²) in [5.74, 6) is -0.375. The first-order valence-electron chi connectivity index (χ1n) is 5.66. The highest BCUT2D eigenvalue weighted by molar-refractivity contribution is 7.15. The fraction of sp³-hybridized carbons (Fsp3) is 0.286. The molecule has 0 unspecified atom stereocenters. The van der Waals surface area contributed by atoms with E-state index in [1.54, 1.807) is 0 Å². The van der Waals surface area contributed by atoms with Crippen LogP contribution in [0.1, 0.15) is 26.5 Å². The summed E-state index contributed by atoms with van der Waals surface area (Å²) in [6.07, 6.45) is 0. The Bertz CT molecular complexity index is 602. The molecule has 0 aliphatic carbocycles. The third kappa shape index (κ3) is 2.29. The van der Waals surface area contributed by atoms with E-state index in [2.05, 4.69) is 23.2 Å². The molecule has 0 saturated heterocycles. The maximum absolute atomic E-state index is 11.6. The van der Waals surface area contributed by atoms with Crippen molar-refractivity contribution in [2.45, 2.75) is 20.8 Å². The molecule has 0 spiro atoms. The summed E-state index contributed by atoms with van der Waals surface area (Å²) >= 11 is 1.52. The number of hydrogen-bond acceptors (Lipinski definition) is 4. The van der Waals surface area contributed by atoms with Crippen LogP contribution in [-0.2, 0) is 4.74 Å². The summed E-state index contributed by atoms with van der Waals surface area (Å²) in [6.45, 7) is 5.98. The second-order valence-corrected chi connectivity index (χ2v) is 5.44. The predicted octanol–water partition coefficient (Wildman–Crippen LogP) is 3.52. The molecule has 0 amide bonds. The number of ether oxygens (including phenoxy) is 1. The number of rotatable bonds is 2. The molecule has 1 aromatic heterocycles. The summed E-state index contributed by atoms with van der Waals surface area (Å²) in [5, 5.41) is 0.870. The zero-order chi connectivity index (χ0) is 13.3. The number of nitrogens with zero attached hydrogens (tertiary/aromatic N) is 1. The van der Waals surface area contributed by atoms with E-state index in [1.807, 2.05) is 20.8 Å². The molecule has 2 aromatic rings. The number of hydrogen-bond donors (Lipinski definition) is 0. The van der Waals surface area contributed by atoms with Gasteiger partial charge in [-0.25, -0.2) is 9.78 Å². The van der Waals surface area contributed by atoms with Crippen LogP contribution in [0.2, 0.25) is 0 Å². The van der Waals surface area contributed by atoms with Gasteiger partial charge in [0.25, 0.3) is 0 Å². The molecule has 0 fully saturated rings. The Labute approximate surface area is 110 Å². The molecule has 0 saturated carbocycles. The standard InChI is InChI=1S/C14H15NO2S/c1-8-5-6-9(2)11(7-8)13-15-12(10(3)18-13)14(16)17-4/h5-7H,1-4H3. The fourth-order valence-electron chi connectivity index (χ4n) is 1.76. The van der Waals surface area contributed by atoms with Gasteiger partial charge in [0.1, 0.15) is 5.01 Å². The maximum Gasteiger partial charge on any atom is 0.357 e. The van der Waals surface area contributed by atoms with Gasteiger partial charge in [-0.2, -0.15) is 0 Å². The fourth-order valence-corrected chi connectivity index (χ4v) is 2.75. The summed E-state index contributed by atoms with van der Waals surface area (Å²) in [7, 11) is 1.37. The van der Waals surface area contributed by atoms with Gasteiger partial charge >= 0.3 is 5.97 Å². The lowest BCUT2D eigenvalue weighted by molar-refractivity contribution is 0.0594. The second kappa shape index (κ2) is 4.90. The van der Waals surface area contributed by atoms with E-state index >= 15 is 0 Å². The monoisotopic (exact) mass is 261 g/mol. The number of methoxy groups -OCH3 is 1. The van der Waals surface area contributed by atoms with Crippen molar-refractivity contribution in [3.63, 3.8) is 0 Å². The van der Waals surface area contributed by atoms with E-state index < -0.39 is 0 Å². The molecule has 18 heavy (non-hydrogen) atoms. The van der Waals surface area contributed by atoms with Crippen LogP contribution in [0.4, 0.5) is 0 Å². The number of carbonyl (C=O) groups excluding carboxylic acids is 1. The first-order valence-corrected chi connectivity index (χ1v) is 6.48. The van der Waals surface area contributed by atoms with E-state index in [1.165, 1.54) is 24.0 Å². The third-order valence-electron chi connectivity index (χ3n) is 2.80. The SMILES string of the molecule is COC(=O)c1nc(-c2cc(C)ccc2C)sc1C. The Hall–Kier alpha value is -1.68. The Morgan fingerprint density at radius 1 is 1.28 bits per heavy atom. The van der Waals surface area contributed by atoms with E-state index in [0.29, 0.717) is 5.69 Å². The molecule has 0 aliphatic rings. The van der Waals surface area contributed by atoms with Gasteiger partial charge in [-0.05, 0) is 32.4 Å². The molecular formula is C14H15NO2S. The zero-order valence-corrected chi connectivity index (χ0v) is 11.7. The van der Waals surface area contributed by atoms with Crippen molar-refractivity contribution < 1.29 is 9.53 Å². The van der Waals surface area contributed by atoms with Crippen molar-refractivity contribution >= 4 is 17.3 Å². The second-order valence-electron chi connectivity index (χ2n) is 4.23. The van der Waals surface area contributed by atoms with Crippen LogP contribution < -0.4 is 0 Å². The van der Waals surface area contributed by atoms with Crippen molar-refractivity contribution in [2.24, 2.45) is 0 Å². The van der Waals surface area contributed by atoms with Crippen molar-refractivity contribution in [1.82, 2.24) is 4.98 Å². The number of benzene rings is 1. The minimum atomic E-state index is -0.375. The summed E-state index contributed by atoms with van der Waals surface area (Å²) < 4.78 is 4.73. The Morgan fingerprint density at radius 3 is 2.67 bits per heavy atom. The summed E-state index contributed by atoms with van der Waals surface area (Å²) in [6, 6.07) is 6.23. The largest absolute Gasteiger partial charge is 0.464 e. The van der Waals surface area contributed by atoms with Crippen LogP contribution in [0, 0.1) is 20.8 Å². The van der Waals surface area contributed by atoms with Crippen LogP contribution in [0.3, 0.4) is 0 Å². The quantitative estimate of drug-likeness (QED) is 0.776.